The highest BCUT2D eigenvalue weighted by molar-refractivity contribution is 6.34. The van der Waals surface area contributed by atoms with Crippen molar-refractivity contribution in [2.24, 2.45) is 5.73 Å². The van der Waals surface area contributed by atoms with Crippen LogP contribution in [-0.4, -0.2) is 41.6 Å². The molecule has 2 amide bonds. The Hall–Kier alpha value is -3.52. The number of nitrogen functional groups attached to an aromatic ring is 1. The molecule has 4 rings (SSSR count). The average molecular weight is 471 g/mol. The number of primary amides is 1. The van der Waals surface area contributed by atoms with Gasteiger partial charge in [-0.3, -0.25) is 9.59 Å². The number of hydrogen-bond donors (Lipinski definition) is 3. The van der Waals surface area contributed by atoms with Crippen LogP contribution in [0.1, 0.15) is 39.4 Å². The molecule has 2 aromatic carbocycles. The van der Waals surface area contributed by atoms with E-state index in [0.717, 1.165) is 4.90 Å². The largest absolute Gasteiger partial charge is 0.496 e. The van der Waals surface area contributed by atoms with Crippen molar-refractivity contribution in [3.8, 4) is 28.0 Å². The zero-order valence-corrected chi connectivity index (χ0v) is 19.2. The third-order valence-electron chi connectivity index (χ3n) is 5.99. The van der Waals surface area contributed by atoms with Gasteiger partial charge in [-0.15, -0.1) is 0 Å². The molecule has 1 aliphatic rings. The zero-order chi connectivity index (χ0) is 24.1. The summed E-state index contributed by atoms with van der Waals surface area (Å²) in [4.78, 5) is 29.3. The van der Waals surface area contributed by atoms with Crippen LogP contribution < -0.4 is 16.2 Å². The van der Waals surface area contributed by atoms with E-state index in [1.165, 1.54) is 14.2 Å². The lowest BCUT2D eigenvalue weighted by molar-refractivity contribution is 0.0472. The highest BCUT2D eigenvalue weighted by Gasteiger charge is 2.49. The molecule has 1 aliphatic carbocycles. The molecule has 5 N–H and O–H groups in total. The molecular weight excluding hydrogens is 447 g/mol. The number of methoxy groups -OCH3 is 1. The Kier molecular flexibility index (Phi) is 5.57. The van der Waals surface area contributed by atoms with Gasteiger partial charge in [0, 0.05) is 48.0 Å². The van der Waals surface area contributed by atoms with Crippen LogP contribution in [0.4, 0.5) is 10.1 Å². The van der Waals surface area contributed by atoms with Crippen molar-refractivity contribution in [3.63, 3.8) is 0 Å². The van der Waals surface area contributed by atoms with Crippen LogP contribution in [-0.2, 0) is 0 Å². The van der Waals surface area contributed by atoms with Gasteiger partial charge < -0.3 is 26.1 Å². The number of aromatic nitrogens is 1. The van der Waals surface area contributed by atoms with Gasteiger partial charge in [0.1, 0.15) is 11.4 Å². The van der Waals surface area contributed by atoms with E-state index in [0.29, 0.717) is 51.5 Å². The molecule has 9 heteroatoms. The molecule has 33 heavy (non-hydrogen) atoms. The molecule has 1 heterocycles. The first kappa shape index (κ1) is 22.7. The Balaban J connectivity index is 1.88. The number of benzene rings is 2. The van der Waals surface area contributed by atoms with Crippen LogP contribution in [0.5, 0.6) is 5.75 Å². The predicted octanol–water partition coefficient (Wildman–Crippen LogP) is 4.53. The maximum Gasteiger partial charge on any atom is 0.265 e. The summed E-state index contributed by atoms with van der Waals surface area (Å²) in [6.45, 7) is 1.80. The second-order valence-corrected chi connectivity index (χ2v) is 8.58. The smallest absolute Gasteiger partial charge is 0.265 e. The molecular formula is C24H24ClFN4O3. The van der Waals surface area contributed by atoms with Crippen LogP contribution in [0.3, 0.4) is 0 Å². The van der Waals surface area contributed by atoms with Gasteiger partial charge in [-0.2, -0.15) is 0 Å². The van der Waals surface area contributed by atoms with Gasteiger partial charge >= 0.3 is 0 Å². The van der Waals surface area contributed by atoms with E-state index in [9.17, 15) is 14.0 Å². The molecule has 3 aromatic rings. The number of rotatable bonds is 6. The number of aromatic amines is 1. The minimum Gasteiger partial charge on any atom is -0.496 e. The van der Waals surface area contributed by atoms with Crippen molar-refractivity contribution in [1.82, 2.24) is 9.88 Å². The topological polar surface area (TPSA) is 114 Å². The fourth-order valence-electron chi connectivity index (χ4n) is 3.99. The van der Waals surface area contributed by atoms with Crippen LogP contribution in [0, 0.1) is 6.92 Å². The number of halogens is 2. The number of nitrogens with two attached hydrogens (primary N) is 2. The van der Waals surface area contributed by atoms with Crippen LogP contribution in [0.25, 0.3) is 22.3 Å². The highest BCUT2D eigenvalue weighted by atomic mass is 35.5. The van der Waals surface area contributed by atoms with Gasteiger partial charge in [-0.1, -0.05) is 23.7 Å². The Labute approximate surface area is 195 Å². The first-order valence-corrected chi connectivity index (χ1v) is 10.7. The van der Waals surface area contributed by atoms with Crippen molar-refractivity contribution >= 4 is 29.1 Å². The second kappa shape index (κ2) is 8.12. The van der Waals surface area contributed by atoms with Crippen LogP contribution in [0.2, 0.25) is 5.02 Å². The summed E-state index contributed by atoms with van der Waals surface area (Å²) in [7, 11) is 2.86. The van der Waals surface area contributed by atoms with E-state index < -0.39 is 17.6 Å². The molecule has 0 radical (unpaired) electrons. The maximum atomic E-state index is 14.4. The Morgan fingerprint density at radius 2 is 1.88 bits per heavy atom. The predicted molar refractivity (Wildman–Crippen MR) is 126 cm³/mol. The lowest BCUT2D eigenvalue weighted by Crippen LogP contribution is -2.36. The first-order valence-electron chi connectivity index (χ1n) is 10.3. The number of ether oxygens (including phenoxy) is 1. The number of nitrogens with one attached hydrogen (secondary N) is 1. The van der Waals surface area contributed by atoms with Crippen molar-refractivity contribution < 1.29 is 18.7 Å². The van der Waals surface area contributed by atoms with Gasteiger partial charge in [-0.25, -0.2) is 4.39 Å². The summed E-state index contributed by atoms with van der Waals surface area (Å²) in [5.41, 5.74) is 15.5. The molecule has 0 unspecified atom stereocenters. The van der Waals surface area contributed by atoms with E-state index in [1.54, 1.807) is 43.3 Å². The Morgan fingerprint density at radius 1 is 1.18 bits per heavy atom. The van der Waals surface area contributed by atoms with Crippen molar-refractivity contribution in [2.75, 3.05) is 19.9 Å². The molecule has 1 aromatic heterocycles. The molecule has 0 bridgehead atoms. The van der Waals surface area contributed by atoms with Gasteiger partial charge in [0.05, 0.1) is 17.7 Å². The first-order chi connectivity index (χ1) is 15.6. The van der Waals surface area contributed by atoms with E-state index in [1.807, 2.05) is 0 Å². The Morgan fingerprint density at radius 3 is 2.45 bits per heavy atom. The fourth-order valence-corrected chi connectivity index (χ4v) is 4.28. The number of hydrogen-bond acceptors (Lipinski definition) is 4. The quantitative estimate of drug-likeness (QED) is 0.362. The number of nitrogens with zero attached hydrogens (tertiary/aromatic N) is 1. The van der Waals surface area contributed by atoms with Crippen molar-refractivity contribution in [1.29, 1.82) is 0 Å². The molecule has 7 nitrogen and oxygen atoms in total. The maximum absolute atomic E-state index is 14.4. The molecule has 172 valence electrons. The SMILES string of the molecule is COc1cc(-c2c(C(N)=O)[nH]c(C)c2-c2ccc(N)cc2Cl)ccc1C(=O)N(C)C1(F)CC1. The third kappa shape index (κ3) is 3.91. The van der Waals surface area contributed by atoms with Gasteiger partial charge in [-0.05, 0) is 36.8 Å². The van der Waals surface area contributed by atoms with Gasteiger partial charge in [0.25, 0.3) is 11.8 Å². The van der Waals surface area contributed by atoms with Crippen LogP contribution in [0.15, 0.2) is 36.4 Å². The minimum atomic E-state index is -1.61. The summed E-state index contributed by atoms with van der Waals surface area (Å²) < 4.78 is 19.9. The number of H-pyrrole nitrogens is 1. The monoisotopic (exact) mass is 470 g/mol. The van der Waals surface area contributed by atoms with E-state index in [-0.39, 0.29) is 17.0 Å². The molecule has 0 spiro atoms. The lowest BCUT2D eigenvalue weighted by Gasteiger charge is -2.22. The molecule has 1 fully saturated rings. The van der Waals surface area contributed by atoms with Crippen LogP contribution >= 0.6 is 11.6 Å². The third-order valence-corrected chi connectivity index (χ3v) is 6.30. The summed E-state index contributed by atoms with van der Waals surface area (Å²) in [5, 5.41) is 0.410. The molecule has 0 saturated heterocycles. The molecule has 1 saturated carbocycles. The lowest BCUT2D eigenvalue weighted by atomic mass is 9.93. The van der Waals surface area contributed by atoms with E-state index >= 15 is 0 Å². The van der Waals surface area contributed by atoms with Gasteiger partial charge in [0.15, 0.2) is 5.79 Å². The van der Waals surface area contributed by atoms with E-state index in [2.05, 4.69) is 4.98 Å². The fraction of sp³-hybridized carbons (Fsp3) is 0.250. The normalized spacial score (nSPS) is 14.1. The number of carbonyl (C=O) groups is 2. The summed E-state index contributed by atoms with van der Waals surface area (Å²) >= 11 is 6.47. The highest BCUT2D eigenvalue weighted by Crippen LogP contribution is 2.45. The summed E-state index contributed by atoms with van der Waals surface area (Å²) in [6, 6.07) is 9.96. The minimum absolute atomic E-state index is 0.189. The van der Waals surface area contributed by atoms with Gasteiger partial charge in [0.2, 0.25) is 0 Å². The van der Waals surface area contributed by atoms with Crippen molar-refractivity contribution in [2.45, 2.75) is 25.6 Å². The number of amides is 2. The number of carbonyl (C=O) groups excluding carboxylic acids is 2. The average Bonchev–Trinajstić information content (AvgIpc) is 3.44. The summed E-state index contributed by atoms with van der Waals surface area (Å²) in [6.07, 6.45) is 0.623. The number of aryl methyl sites for hydroxylation is 1. The molecule has 0 aliphatic heterocycles. The number of anilines is 1. The zero-order valence-electron chi connectivity index (χ0n) is 18.5. The van der Waals surface area contributed by atoms with E-state index in [4.69, 9.17) is 27.8 Å². The summed E-state index contributed by atoms with van der Waals surface area (Å²) in [5.74, 6) is -2.51. The second-order valence-electron chi connectivity index (χ2n) is 8.18. The van der Waals surface area contributed by atoms with Crippen molar-refractivity contribution in [3.05, 3.63) is 58.4 Å². The molecule has 0 atom stereocenters. The Bertz CT molecular complexity index is 1280. The number of alkyl halides is 1. The standard InChI is InChI=1S/C24H24ClFN4O3/c1-12-19(15-7-5-14(27)11-17(15)25)20(21(29-12)22(28)31)13-4-6-16(18(10-13)33-3)23(32)30(2)24(26)8-9-24/h4-7,10-11,29H,8-9,27H2,1-3H3,(H2,28,31).